The largest absolute Gasteiger partial charge is 0.334 e. The standard InChI is InChI=1S/C18H16F2N4O/c19-15-7-16(20)9-17(8-15)23-18(25)22-10-13-2-1-3-14(6-13)11-24-5-4-21-12-24/h1-9,12H,10-11H2,(H2,22,23,25). The molecule has 0 spiro atoms. The summed E-state index contributed by atoms with van der Waals surface area (Å²) >= 11 is 0. The molecule has 0 aliphatic carbocycles. The van der Waals surface area contributed by atoms with E-state index in [1.54, 1.807) is 12.5 Å². The highest BCUT2D eigenvalue weighted by atomic mass is 19.1. The Kier molecular flexibility index (Phi) is 5.03. The van der Waals surface area contributed by atoms with Gasteiger partial charge in [0.1, 0.15) is 11.6 Å². The number of hydrogen-bond donors (Lipinski definition) is 2. The SMILES string of the molecule is O=C(NCc1cccc(Cn2ccnc2)c1)Nc1cc(F)cc(F)c1. The molecule has 0 atom stereocenters. The van der Waals surface area contributed by atoms with Crippen LogP contribution in [-0.2, 0) is 13.1 Å². The van der Waals surface area contributed by atoms with Gasteiger partial charge in [-0.05, 0) is 23.3 Å². The average molecular weight is 342 g/mol. The lowest BCUT2D eigenvalue weighted by Crippen LogP contribution is -2.28. The number of nitrogens with one attached hydrogen (secondary N) is 2. The van der Waals surface area contributed by atoms with Gasteiger partial charge in [-0.3, -0.25) is 0 Å². The molecule has 0 bridgehead atoms. The quantitative estimate of drug-likeness (QED) is 0.745. The van der Waals surface area contributed by atoms with Crippen molar-refractivity contribution in [3.05, 3.63) is 83.9 Å². The smallest absolute Gasteiger partial charge is 0.319 e. The molecule has 5 nitrogen and oxygen atoms in total. The number of urea groups is 1. The number of aromatic nitrogens is 2. The molecular weight excluding hydrogens is 326 g/mol. The monoisotopic (exact) mass is 342 g/mol. The minimum Gasteiger partial charge on any atom is -0.334 e. The highest BCUT2D eigenvalue weighted by molar-refractivity contribution is 5.89. The molecule has 1 aromatic heterocycles. The lowest BCUT2D eigenvalue weighted by Gasteiger charge is -2.09. The third kappa shape index (κ3) is 4.87. The van der Waals surface area contributed by atoms with Crippen LogP contribution in [-0.4, -0.2) is 15.6 Å². The zero-order valence-corrected chi connectivity index (χ0v) is 13.2. The molecule has 0 fully saturated rings. The van der Waals surface area contributed by atoms with Crippen LogP contribution in [0.25, 0.3) is 0 Å². The maximum atomic E-state index is 13.1. The van der Waals surface area contributed by atoms with Crippen molar-refractivity contribution < 1.29 is 13.6 Å². The van der Waals surface area contributed by atoms with E-state index >= 15 is 0 Å². The highest BCUT2D eigenvalue weighted by Crippen LogP contribution is 2.13. The number of hydrogen-bond acceptors (Lipinski definition) is 2. The third-order valence-corrected chi connectivity index (χ3v) is 3.49. The summed E-state index contributed by atoms with van der Waals surface area (Å²) in [5, 5.41) is 5.06. The van der Waals surface area contributed by atoms with Gasteiger partial charge in [-0.2, -0.15) is 0 Å². The minimum atomic E-state index is -0.748. The predicted octanol–water partition coefficient (Wildman–Crippen LogP) is 3.53. The van der Waals surface area contributed by atoms with Crippen LogP contribution in [0.15, 0.2) is 61.2 Å². The van der Waals surface area contributed by atoms with E-state index in [1.165, 1.54) is 0 Å². The van der Waals surface area contributed by atoms with Gasteiger partial charge in [0.15, 0.2) is 0 Å². The van der Waals surface area contributed by atoms with Crippen molar-refractivity contribution in [3.63, 3.8) is 0 Å². The van der Waals surface area contributed by atoms with Crippen LogP contribution in [0.5, 0.6) is 0 Å². The normalized spacial score (nSPS) is 10.5. The number of rotatable bonds is 5. The topological polar surface area (TPSA) is 59.0 Å². The zero-order chi connectivity index (χ0) is 17.6. The average Bonchev–Trinajstić information content (AvgIpc) is 3.05. The summed E-state index contributed by atoms with van der Waals surface area (Å²) in [6, 6.07) is 10.1. The first-order valence-electron chi connectivity index (χ1n) is 7.63. The number of benzene rings is 2. The fourth-order valence-corrected chi connectivity index (χ4v) is 2.41. The van der Waals surface area contributed by atoms with Crippen molar-refractivity contribution >= 4 is 11.7 Å². The number of carbonyl (C=O) groups excluding carboxylic acids is 1. The van der Waals surface area contributed by atoms with Gasteiger partial charge >= 0.3 is 6.03 Å². The summed E-state index contributed by atoms with van der Waals surface area (Å²) in [5.74, 6) is -1.50. The van der Waals surface area contributed by atoms with Gasteiger partial charge in [-0.1, -0.05) is 24.3 Å². The van der Waals surface area contributed by atoms with E-state index in [4.69, 9.17) is 0 Å². The van der Waals surface area contributed by atoms with E-state index in [0.29, 0.717) is 13.1 Å². The number of amides is 2. The van der Waals surface area contributed by atoms with Crippen LogP contribution in [0, 0.1) is 11.6 Å². The summed E-state index contributed by atoms with van der Waals surface area (Å²) in [6.45, 7) is 0.976. The van der Waals surface area contributed by atoms with Crippen molar-refractivity contribution in [2.24, 2.45) is 0 Å². The Morgan fingerprint density at radius 2 is 1.84 bits per heavy atom. The van der Waals surface area contributed by atoms with Crippen molar-refractivity contribution in [1.82, 2.24) is 14.9 Å². The van der Waals surface area contributed by atoms with Gasteiger partial charge < -0.3 is 15.2 Å². The number of carbonyl (C=O) groups is 1. The summed E-state index contributed by atoms with van der Waals surface area (Å²) in [5.41, 5.74) is 2.05. The van der Waals surface area contributed by atoms with Gasteiger partial charge in [0, 0.05) is 37.2 Å². The summed E-state index contributed by atoms with van der Waals surface area (Å²) in [7, 11) is 0. The van der Waals surface area contributed by atoms with Gasteiger partial charge in [0.2, 0.25) is 0 Å². The first-order valence-corrected chi connectivity index (χ1v) is 7.63. The molecule has 0 unspecified atom stereocenters. The lowest BCUT2D eigenvalue weighted by atomic mass is 10.1. The predicted molar refractivity (Wildman–Crippen MR) is 90.0 cm³/mol. The molecular formula is C18H16F2N4O. The molecule has 0 saturated carbocycles. The Balaban J connectivity index is 1.56. The van der Waals surface area contributed by atoms with Gasteiger partial charge in [-0.25, -0.2) is 18.6 Å². The first kappa shape index (κ1) is 16.6. The Bertz CT molecular complexity index is 845. The van der Waals surface area contributed by atoms with E-state index in [9.17, 15) is 13.6 Å². The Labute approximate surface area is 143 Å². The minimum absolute atomic E-state index is 0.0591. The first-order chi connectivity index (χ1) is 12.1. The maximum absolute atomic E-state index is 13.1. The van der Waals surface area contributed by atoms with Gasteiger partial charge in [0.05, 0.1) is 6.33 Å². The van der Waals surface area contributed by atoms with Crippen molar-refractivity contribution in [1.29, 1.82) is 0 Å². The van der Waals surface area contributed by atoms with Gasteiger partial charge in [0.25, 0.3) is 0 Å². The molecule has 0 saturated heterocycles. The molecule has 7 heteroatoms. The second-order valence-corrected chi connectivity index (χ2v) is 5.52. The van der Waals surface area contributed by atoms with E-state index in [2.05, 4.69) is 15.6 Å². The summed E-state index contributed by atoms with van der Waals surface area (Å²) in [6.07, 6.45) is 5.32. The molecule has 0 radical (unpaired) electrons. The zero-order valence-electron chi connectivity index (χ0n) is 13.2. The van der Waals surface area contributed by atoms with E-state index in [-0.39, 0.29) is 5.69 Å². The van der Waals surface area contributed by atoms with E-state index < -0.39 is 17.7 Å². The number of anilines is 1. The summed E-state index contributed by atoms with van der Waals surface area (Å²) in [4.78, 5) is 15.9. The molecule has 3 aromatic rings. The van der Waals surface area contributed by atoms with Crippen LogP contribution >= 0.6 is 0 Å². The summed E-state index contributed by atoms with van der Waals surface area (Å²) < 4.78 is 28.2. The molecule has 0 aliphatic rings. The van der Waals surface area contributed by atoms with Crippen molar-refractivity contribution in [2.75, 3.05) is 5.32 Å². The van der Waals surface area contributed by atoms with Crippen molar-refractivity contribution in [3.8, 4) is 0 Å². The second kappa shape index (κ2) is 7.57. The third-order valence-electron chi connectivity index (χ3n) is 3.49. The fraction of sp³-hybridized carbons (Fsp3) is 0.111. The molecule has 2 amide bonds. The fourth-order valence-electron chi connectivity index (χ4n) is 2.41. The number of halogens is 2. The molecule has 2 aromatic carbocycles. The molecule has 3 rings (SSSR count). The maximum Gasteiger partial charge on any atom is 0.319 e. The molecule has 128 valence electrons. The van der Waals surface area contributed by atoms with Crippen LogP contribution in [0.3, 0.4) is 0 Å². The van der Waals surface area contributed by atoms with Crippen LogP contribution in [0.1, 0.15) is 11.1 Å². The Morgan fingerprint density at radius 3 is 2.56 bits per heavy atom. The highest BCUT2D eigenvalue weighted by Gasteiger charge is 2.05. The Morgan fingerprint density at radius 1 is 1.08 bits per heavy atom. The number of nitrogens with zero attached hydrogens (tertiary/aromatic N) is 2. The van der Waals surface area contributed by atoms with Gasteiger partial charge in [-0.15, -0.1) is 0 Å². The molecule has 25 heavy (non-hydrogen) atoms. The lowest BCUT2D eigenvalue weighted by molar-refractivity contribution is 0.251. The van der Waals surface area contributed by atoms with E-state index in [1.807, 2.05) is 35.0 Å². The molecule has 0 aliphatic heterocycles. The number of imidazole rings is 1. The van der Waals surface area contributed by atoms with Crippen LogP contribution < -0.4 is 10.6 Å². The Hall–Kier alpha value is -3.22. The second-order valence-electron chi connectivity index (χ2n) is 5.52. The van der Waals surface area contributed by atoms with Crippen molar-refractivity contribution in [2.45, 2.75) is 13.1 Å². The van der Waals surface area contributed by atoms with E-state index in [0.717, 1.165) is 29.3 Å². The molecule has 2 N–H and O–H groups in total. The molecule has 1 heterocycles. The van der Waals surface area contributed by atoms with Crippen LogP contribution in [0.4, 0.5) is 19.3 Å². The van der Waals surface area contributed by atoms with Crippen LogP contribution in [0.2, 0.25) is 0 Å².